The van der Waals surface area contributed by atoms with Gasteiger partial charge in [-0.25, -0.2) is 8.42 Å². The number of halogens is 3. The average molecular weight is 565 g/mol. The number of fused-ring (bicyclic) bond motifs is 1. The first kappa shape index (κ1) is 28.8. The van der Waals surface area contributed by atoms with Gasteiger partial charge in [-0.2, -0.15) is 13.2 Å². The predicted molar refractivity (Wildman–Crippen MR) is 142 cm³/mol. The van der Waals surface area contributed by atoms with Crippen LogP contribution in [-0.4, -0.2) is 60.5 Å². The number of amides is 1. The van der Waals surface area contributed by atoms with Crippen molar-refractivity contribution < 1.29 is 31.1 Å². The molecule has 1 unspecified atom stereocenters. The number of pyridine rings is 2. The topological polar surface area (TPSA) is 101 Å². The summed E-state index contributed by atoms with van der Waals surface area (Å²) in [5.41, 5.74) is 3.16. The standard InChI is InChI=1S/C27H31F3N4O4S/c1-4-38-17(2)23-22(16-32-21-6-5-13-31-24(21)23)33-20-9-7-18(8-10-20)25(27(28,29)30)34(3)26(35)19-11-14-39(36,37)15-12-19/h5-10,13,16-17,19,25,33H,4,11-12,14-15H2,1-3H3/t17?,25-/m0/s1. The summed E-state index contributed by atoms with van der Waals surface area (Å²) >= 11 is 0. The third kappa shape index (κ3) is 6.50. The lowest BCUT2D eigenvalue weighted by Gasteiger charge is -2.34. The summed E-state index contributed by atoms with van der Waals surface area (Å²) in [4.78, 5) is 22.5. The van der Waals surface area contributed by atoms with Crippen molar-refractivity contribution in [2.75, 3.05) is 30.5 Å². The van der Waals surface area contributed by atoms with Gasteiger partial charge < -0.3 is 15.0 Å². The Bertz CT molecular complexity index is 1420. The van der Waals surface area contributed by atoms with E-state index in [1.807, 2.05) is 19.9 Å². The van der Waals surface area contributed by atoms with E-state index in [4.69, 9.17) is 4.74 Å². The van der Waals surface area contributed by atoms with E-state index in [1.165, 1.54) is 24.3 Å². The highest BCUT2D eigenvalue weighted by Crippen LogP contribution is 2.39. The van der Waals surface area contributed by atoms with E-state index in [9.17, 15) is 26.4 Å². The summed E-state index contributed by atoms with van der Waals surface area (Å²) in [6, 6.07) is 7.13. The van der Waals surface area contributed by atoms with Crippen LogP contribution >= 0.6 is 0 Å². The first-order valence-electron chi connectivity index (χ1n) is 12.7. The fourth-order valence-corrected chi connectivity index (χ4v) is 6.46. The van der Waals surface area contributed by atoms with E-state index in [2.05, 4.69) is 15.3 Å². The number of carbonyl (C=O) groups excluding carboxylic acids is 1. The second-order valence-electron chi connectivity index (χ2n) is 9.62. The number of nitrogens with zero attached hydrogens (tertiary/aromatic N) is 3. The van der Waals surface area contributed by atoms with Gasteiger partial charge in [0.05, 0.1) is 40.5 Å². The molecule has 1 fully saturated rings. The van der Waals surface area contributed by atoms with Gasteiger partial charge in [0.1, 0.15) is 9.84 Å². The lowest BCUT2D eigenvalue weighted by molar-refractivity contribution is -0.190. The average Bonchev–Trinajstić information content (AvgIpc) is 2.88. The molecular weight excluding hydrogens is 533 g/mol. The number of hydrogen-bond acceptors (Lipinski definition) is 7. The van der Waals surface area contributed by atoms with Crippen LogP contribution in [0.25, 0.3) is 11.0 Å². The number of carbonyl (C=O) groups is 1. The van der Waals surface area contributed by atoms with Gasteiger partial charge in [-0.3, -0.25) is 14.8 Å². The van der Waals surface area contributed by atoms with Crippen molar-refractivity contribution in [2.24, 2.45) is 5.92 Å². The Labute approximate surface area is 225 Å². The molecule has 8 nitrogen and oxygen atoms in total. The van der Waals surface area contributed by atoms with Crippen LogP contribution in [-0.2, 0) is 19.4 Å². The van der Waals surface area contributed by atoms with Crippen molar-refractivity contribution in [3.05, 3.63) is 59.9 Å². The van der Waals surface area contributed by atoms with Crippen LogP contribution in [0.5, 0.6) is 0 Å². The van der Waals surface area contributed by atoms with Crippen LogP contribution in [0.15, 0.2) is 48.8 Å². The molecule has 0 radical (unpaired) electrons. The maximum absolute atomic E-state index is 14.2. The van der Waals surface area contributed by atoms with E-state index in [0.717, 1.165) is 12.6 Å². The molecule has 4 rings (SSSR count). The van der Waals surface area contributed by atoms with E-state index in [-0.39, 0.29) is 36.0 Å². The maximum Gasteiger partial charge on any atom is 0.413 e. The SMILES string of the molecule is CCOC(C)c1c(Nc2ccc([C@H](N(C)C(=O)C3CCS(=O)(=O)CC3)C(F)(F)F)cc2)cnc2cccnc12. The predicted octanol–water partition coefficient (Wildman–Crippen LogP) is 5.36. The van der Waals surface area contributed by atoms with E-state index >= 15 is 0 Å². The van der Waals surface area contributed by atoms with Gasteiger partial charge in [0.2, 0.25) is 5.91 Å². The molecule has 3 aromatic rings. The highest BCUT2D eigenvalue weighted by molar-refractivity contribution is 7.91. The van der Waals surface area contributed by atoms with Gasteiger partial charge in [-0.1, -0.05) is 12.1 Å². The normalized spacial score (nSPS) is 17.5. The molecule has 0 spiro atoms. The fourth-order valence-electron chi connectivity index (χ4n) is 4.97. The maximum atomic E-state index is 14.2. The quantitative estimate of drug-likeness (QED) is 0.393. The van der Waals surface area contributed by atoms with Crippen molar-refractivity contribution in [3.63, 3.8) is 0 Å². The van der Waals surface area contributed by atoms with E-state index in [1.54, 1.807) is 18.5 Å². The number of aromatic nitrogens is 2. The zero-order chi connectivity index (χ0) is 28.4. The molecule has 1 aliphatic heterocycles. The number of anilines is 2. The second-order valence-corrected chi connectivity index (χ2v) is 11.9. The van der Waals surface area contributed by atoms with Crippen molar-refractivity contribution in [3.8, 4) is 0 Å². The molecule has 0 saturated carbocycles. The summed E-state index contributed by atoms with van der Waals surface area (Å²) < 4.78 is 71.7. The van der Waals surface area contributed by atoms with Gasteiger partial charge >= 0.3 is 6.18 Å². The van der Waals surface area contributed by atoms with Gasteiger partial charge in [0.15, 0.2) is 6.04 Å². The van der Waals surface area contributed by atoms with Crippen LogP contribution in [0.2, 0.25) is 0 Å². The zero-order valence-electron chi connectivity index (χ0n) is 21.9. The summed E-state index contributed by atoms with van der Waals surface area (Å²) in [7, 11) is -2.13. The molecule has 3 heterocycles. The molecule has 2 aromatic heterocycles. The minimum Gasteiger partial charge on any atom is -0.374 e. The van der Waals surface area contributed by atoms with Gasteiger partial charge in [-0.15, -0.1) is 0 Å². The summed E-state index contributed by atoms with van der Waals surface area (Å²) in [6.45, 7) is 4.26. The second kappa shape index (κ2) is 11.5. The third-order valence-corrected chi connectivity index (χ3v) is 8.66. The molecule has 0 aliphatic carbocycles. The Balaban J connectivity index is 1.59. The van der Waals surface area contributed by atoms with E-state index < -0.39 is 33.9 Å². The molecule has 2 atom stereocenters. The minimum atomic E-state index is -4.73. The summed E-state index contributed by atoms with van der Waals surface area (Å²) in [5.74, 6) is -1.86. The molecule has 1 N–H and O–H groups in total. The van der Waals surface area contributed by atoms with Crippen LogP contribution in [0, 0.1) is 5.92 Å². The highest BCUT2D eigenvalue weighted by Gasteiger charge is 2.46. The Hall–Kier alpha value is -3.25. The van der Waals surface area contributed by atoms with Crippen LogP contribution in [0.3, 0.4) is 0 Å². The van der Waals surface area contributed by atoms with E-state index in [0.29, 0.717) is 33.9 Å². The van der Waals surface area contributed by atoms with Crippen molar-refractivity contribution in [1.82, 2.24) is 14.9 Å². The van der Waals surface area contributed by atoms with Crippen molar-refractivity contribution in [2.45, 2.75) is 45.0 Å². The Morgan fingerprint density at radius 2 is 1.82 bits per heavy atom. The molecule has 39 heavy (non-hydrogen) atoms. The van der Waals surface area contributed by atoms with Crippen LogP contribution < -0.4 is 5.32 Å². The Morgan fingerprint density at radius 1 is 1.15 bits per heavy atom. The Morgan fingerprint density at radius 3 is 2.44 bits per heavy atom. The fraction of sp³-hybridized carbons (Fsp3) is 0.444. The summed E-state index contributed by atoms with van der Waals surface area (Å²) in [6.07, 6.45) is -1.70. The van der Waals surface area contributed by atoms with Crippen LogP contribution in [0.1, 0.15) is 50.0 Å². The highest BCUT2D eigenvalue weighted by atomic mass is 32.2. The zero-order valence-corrected chi connectivity index (χ0v) is 22.7. The van der Waals surface area contributed by atoms with Gasteiger partial charge in [0.25, 0.3) is 0 Å². The monoisotopic (exact) mass is 564 g/mol. The molecule has 210 valence electrons. The molecule has 1 aliphatic rings. The van der Waals surface area contributed by atoms with Crippen molar-refractivity contribution >= 4 is 38.2 Å². The lowest BCUT2D eigenvalue weighted by atomic mass is 9.98. The molecule has 0 bridgehead atoms. The van der Waals surface area contributed by atoms with Crippen LogP contribution in [0.4, 0.5) is 24.5 Å². The van der Waals surface area contributed by atoms with Crippen molar-refractivity contribution in [1.29, 1.82) is 0 Å². The number of sulfone groups is 1. The molecule has 1 aromatic carbocycles. The van der Waals surface area contributed by atoms with Gasteiger partial charge in [-0.05, 0) is 56.5 Å². The molecule has 12 heteroatoms. The Kier molecular flexibility index (Phi) is 8.45. The first-order chi connectivity index (χ1) is 18.4. The first-order valence-corrected chi connectivity index (χ1v) is 14.5. The molecular formula is C27H31F3N4O4S. The lowest BCUT2D eigenvalue weighted by Crippen LogP contribution is -2.44. The number of nitrogens with one attached hydrogen (secondary N) is 1. The number of ether oxygens (including phenoxy) is 1. The largest absolute Gasteiger partial charge is 0.413 e. The number of benzene rings is 1. The number of hydrogen-bond donors (Lipinski definition) is 1. The molecule has 1 saturated heterocycles. The third-order valence-electron chi connectivity index (χ3n) is 6.94. The minimum absolute atomic E-state index is 0.0239. The number of alkyl halides is 3. The smallest absolute Gasteiger partial charge is 0.374 e. The number of rotatable bonds is 8. The molecule has 1 amide bonds. The van der Waals surface area contributed by atoms with Gasteiger partial charge in [0, 0.05) is 37.0 Å². The summed E-state index contributed by atoms with van der Waals surface area (Å²) in [5, 5.41) is 3.22.